The number of aliphatic hydroxyl groups is 1. The van der Waals surface area contributed by atoms with Gasteiger partial charge in [-0.25, -0.2) is 4.98 Å². The van der Waals surface area contributed by atoms with Crippen LogP contribution in [0.25, 0.3) is 0 Å². The molecule has 1 saturated heterocycles. The molecule has 0 amide bonds. The molecule has 1 aliphatic rings. The van der Waals surface area contributed by atoms with E-state index in [1.807, 2.05) is 5.38 Å². The predicted octanol–water partition coefficient (Wildman–Crippen LogP) is 1.49. The Balaban J connectivity index is 2.12. The number of halogens is 1. The van der Waals surface area contributed by atoms with Crippen LogP contribution < -0.4 is 4.90 Å². The number of aromatic nitrogens is 1. The summed E-state index contributed by atoms with van der Waals surface area (Å²) >= 11 is 4.95. The van der Waals surface area contributed by atoms with Crippen molar-refractivity contribution in [2.45, 2.75) is 19.1 Å². The number of hydrogen-bond donors (Lipinski definition) is 1. The summed E-state index contributed by atoms with van der Waals surface area (Å²) in [7, 11) is 0. The first kappa shape index (κ1) is 11.3. The summed E-state index contributed by atoms with van der Waals surface area (Å²) in [6.07, 6.45) is -0.0936. The summed E-state index contributed by atoms with van der Waals surface area (Å²) in [5, 5.41) is 12.0. The molecule has 0 aromatic carbocycles. The van der Waals surface area contributed by atoms with Crippen LogP contribution in [0, 0.1) is 0 Å². The molecule has 1 aromatic heterocycles. The van der Waals surface area contributed by atoms with Crippen LogP contribution in [0.1, 0.15) is 6.92 Å². The maximum Gasteiger partial charge on any atom is 0.186 e. The van der Waals surface area contributed by atoms with Crippen LogP contribution in [-0.2, 0) is 4.74 Å². The molecular weight excluding hydrogens is 280 g/mol. The van der Waals surface area contributed by atoms with E-state index in [2.05, 4.69) is 32.7 Å². The Bertz CT molecular complexity index is 334. The molecule has 0 radical (unpaired) electrons. The number of thiazole rings is 1. The molecule has 1 fully saturated rings. The van der Waals surface area contributed by atoms with Crippen LogP contribution in [0.2, 0.25) is 0 Å². The first-order valence-electron chi connectivity index (χ1n) is 4.81. The van der Waals surface area contributed by atoms with Gasteiger partial charge in [0.05, 0.1) is 25.4 Å². The van der Waals surface area contributed by atoms with E-state index >= 15 is 0 Å². The quantitative estimate of drug-likeness (QED) is 0.897. The van der Waals surface area contributed by atoms with E-state index in [4.69, 9.17) is 9.84 Å². The van der Waals surface area contributed by atoms with Gasteiger partial charge in [-0.3, -0.25) is 0 Å². The van der Waals surface area contributed by atoms with Crippen molar-refractivity contribution >= 4 is 32.4 Å². The molecule has 2 atom stereocenters. The van der Waals surface area contributed by atoms with Crippen molar-refractivity contribution in [2.24, 2.45) is 0 Å². The maximum atomic E-state index is 9.07. The highest BCUT2D eigenvalue weighted by Gasteiger charge is 2.27. The van der Waals surface area contributed by atoms with Crippen LogP contribution in [0.3, 0.4) is 0 Å². The molecule has 15 heavy (non-hydrogen) atoms. The smallest absolute Gasteiger partial charge is 0.186 e. The Morgan fingerprint density at radius 3 is 3.20 bits per heavy atom. The number of nitrogens with zero attached hydrogens (tertiary/aromatic N) is 2. The highest BCUT2D eigenvalue weighted by atomic mass is 79.9. The van der Waals surface area contributed by atoms with Gasteiger partial charge in [0.2, 0.25) is 0 Å². The van der Waals surface area contributed by atoms with E-state index in [1.54, 1.807) is 11.3 Å². The second-order valence-electron chi connectivity index (χ2n) is 3.59. The molecule has 2 rings (SSSR count). The van der Waals surface area contributed by atoms with Gasteiger partial charge in [-0.15, -0.1) is 11.3 Å². The lowest BCUT2D eigenvalue weighted by Crippen LogP contribution is -2.49. The molecule has 84 valence electrons. The molecule has 4 nitrogen and oxygen atoms in total. The van der Waals surface area contributed by atoms with Gasteiger partial charge in [-0.1, -0.05) is 0 Å². The van der Waals surface area contributed by atoms with E-state index in [0.29, 0.717) is 19.2 Å². The third-order valence-corrected chi connectivity index (χ3v) is 4.01. The summed E-state index contributed by atoms with van der Waals surface area (Å²) in [5.41, 5.74) is 0. The van der Waals surface area contributed by atoms with Gasteiger partial charge in [0.1, 0.15) is 4.60 Å². The Hall–Kier alpha value is -0.170. The molecule has 0 bridgehead atoms. The third-order valence-electron chi connectivity index (χ3n) is 2.42. The SMILES string of the molecule is CC1COC(CO)CN1c1nc(Br)cs1. The fourth-order valence-electron chi connectivity index (χ4n) is 1.57. The topological polar surface area (TPSA) is 45.6 Å². The lowest BCUT2D eigenvalue weighted by Gasteiger charge is -2.37. The van der Waals surface area contributed by atoms with E-state index in [1.165, 1.54) is 0 Å². The van der Waals surface area contributed by atoms with Gasteiger partial charge < -0.3 is 14.7 Å². The first-order valence-corrected chi connectivity index (χ1v) is 6.48. The van der Waals surface area contributed by atoms with E-state index in [0.717, 1.165) is 9.73 Å². The largest absolute Gasteiger partial charge is 0.394 e. The van der Waals surface area contributed by atoms with Crippen molar-refractivity contribution in [3.05, 3.63) is 9.98 Å². The van der Waals surface area contributed by atoms with Gasteiger partial charge in [0, 0.05) is 11.9 Å². The summed E-state index contributed by atoms with van der Waals surface area (Å²) < 4.78 is 6.33. The zero-order valence-corrected chi connectivity index (χ0v) is 10.8. The molecular formula is C9H13BrN2O2S. The molecule has 1 N–H and O–H groups in total. The predicted molar refractivity (Wildman–Crippen MR) is 63.4 cm³/mol. The number of morpholine rings is 1. The average molecular weight is 293 g/mol. The monoisotopic (exact) mass is 292 g/mol. The molecule has 0 aliphatic carbocycles. The third kappa shape index (κ3) is 2.50. The number of hydrogen-bond acceptors (Lipinski definition) is 5. The first-order chi connectivity index (χ1) is 7.20. The molecule has 0 spiro atoms. The van der Waals surface area contributed by atoms with Gasteiger partial charge in [0.25, 0.3) is 0 Å². The summed E-state index contributed by atoms with van der Waals surface area (Å²) in [6, 6.07) is 0.311. The van der Waals surface area contributed by atoms with Crippen molar-refractivity contribution in [1.29, 1.82) is 0 Å². The number of anilines is 1. The summed E-state index contributed by atoms with van der Waals surface area (Å²) in [6.45, 7) is 3.51. The minimum atomic E-state index is -0.0936. The Labute approximate surface area is 101 Å². The zero-order chi connectivity index (χ0) is 10.8. The summed E-state index contributed by atoms with van der Waals surface area (Å²) in [5.74, 6) is 0. The van der Waals surface area contributed by atoms with Gasteiger partial charge >= 0.3 is 0 Å². The normalized spacial score (nSPS) is 27.0. The highest BCUT2D eigenvalue weighted by Crippen LogP contribution is 2.27. The van der Waals surface area contributed by atoms with Gasteiger partial charge in [0.15, 0.2) is 5.13 Å². The Morgan fingerprint density at radius 2 is 2.60 bits per heavy atom. The molecule has 1 aromatic rings. The van der Waals surface area contributed by atoms with Crippen molar-refractivity contribution < 1.29 is 9.84 Å². The molecule has 2 unspecified atom stereocenters. The van der Waals surface area contributed by atoms with Crippen LogP contribution >= 0.6 is 27.3 Å². The number of rotatable bonds is 2. The van der Waals surface area contributed by atoms with Gasteiger partial charge in [-0.2, -0.15) is 0 Å². The maximum absolute atomic E-state index is 9.07. The average Bonchev–Trinajstić information content (AvgIpc) is 2.65. The van der Waals surface area contributed by atoms with E-state index in [-0.39, 0.29) is 12.7 Å². The minimum Gasteiger partial charge on any atom is -0.394 e. The fourth-order valence-corrected chi connectivity index (χ4v) is 2.93. The van der Waals surface area contributed by atoms with Gasteiger partial charge in [-0.05, 0) is 22.9 Å². The van der Waals surface area contributed by atoms with Crippen LogP contribution in [0.5, 0.6) is 0 Å². The highest BCUT2D eigenvalue weighted by molar-refractivity contribution is 9.10. The van der Waals surface area contributed by atoms with Crippen LogP contribution in [0.4, 0.5) is 5.13 Å². The van der Waals surface area contributed by atoms with Crippen LogP contribution in [-0.4, -0.2) is 42.0 Å². The fraction of sp³-hybridized carbons (Fsp3) is 0.667. The Morgan fingerprint density at radius 1 is 1.80 bits per heavy atom. The molecule has 1 aliphatic heterocycles. The summed E-state index contributed by atoms with van der Waals surface area (Å²) in [4.78, 5) is 6.56. The molecule has 2 heterocycles. The number of aliphatic hydroxyl groups excluding tert-OH is 1. The van der Waals surface area contributed by atoms with Crippen molar-refractivity contribution in [3.8, 4) is 0 Å². The van der Waals surface area contributed by atoms with Crippen molar-refractivity contribution in [1.82, 2.24) is 4.98 Å². The zero-order valence-electron chi connectivity index (χ0n) is 8.39. The lowest BCUT2D eigenvalue weighted by molar-refractivity contribution is -0.0103. The Kier molecular flexibility index (Phi) is 3.60. The number of ether oxygens (including phenoxy) is 1. The van der Waals surface area contributed by atoms with Crippen LogP contribution in [0.15, 0.2) is 9.98 Å². The van der Waals surface area contributed by atoms with E-state index < -0.39 is 0 Å². The second kappa shape index (κ2) is 4.78. The standard InChI is InChI=1S/C9H13BrN2O2S/c1-6-4-14-7(3-13)2-12(6)9-11-8(10)5-15-9/h5-7,13H,2-4H2,1H3. The van der Waals surface area contributed by atoms with E-state index in [9.17, 15) is 0 Å². The van der Waals surface area contributed by atoms with Crippen molar-refractivity contribution in [2.75, 3.05) is 24.7 Å². The molecule has 6 heteroatoms. The minimum absolute atomic E-state index is 0.0652. The second-order valence-corrected chi connectivity index (χ2v) is 5.24. The van der Waals surface area contributed by atoms with Crippen molar-refractivity contribution in [3.63, 3.8) is 0 Å². The lowest BCUT2D eigenvalue weighted by atomic mass is 10.2. The molecule has 0 saturated carbocycles.